The van der Waals surface area contributed by atoms with E-state index in [9.17, 15) is 9.59 Å². The van der Waals surface area contributed by atoms with Crippen molar-refractivity contribution >= 4 is 11.8 Å². The minimum absolute atomic E-state index is 0.0128. The molecule has 106 valence electrons. The molecule has 3 aliphatic rings. The maximum Gasteiger partial charge on any atom is 0.248 e. The van der Waals surface area contributed by atoms with Crippen molar-refractivity contribution in [2.75, 3.05) is 19.7 Å². The molecule has 0 aromatic heterocycles. The van der Waals surface area contributed by atoms with Gasteiger partial charge >= 0.3 is 0 Å². The highest BCUT2D eigenvalue weighted by atomic mass is 16.5. The van der Waals surface area contributed by atoms with Crippen LogP contribution >= 0.6 is 0 Å². The van der Waals surface area contributed by atoms with Crippen LogP contribution in [0.25, 0.3) is 0 Å². The molecule has 5 atom stereocenters. The number of fused-ring (bicyclic) bond motifs is 2. The van der Waals surface area contributed by atoms with E-state index in [1.807, 2.05) is 0 Å². The lowest BCUT2D eigenvalue weighted by Crippen LogP contribution is -2.54. The zero-order chi connectivity index (χ0) is 13.6. The summed E-state index contributed by atoms with van der Waals surface area (Å²) in [4.78, 5) is 25.5. The fraction of sp³-hybridized carbons (Fsp3) is 0.846. The second-order valence-corrected chi connectivity index (χ2v) is 5.98. The zero-order valence-electron chi connectivity index (χ0n) is 11.0. The Bertz CT molecular complexity index is 399. The first-order valence-corrected chi connectivity index (χ1v) is 7.03. The van der Waals surface area contributed by atoms with E-state index in [1.165, 1.54) is 0 Å². The molecule has 1 heterocycles. The SMILES string of the molecule is NC(=O)C1CN(C(=O)C2C3CCC(C3)C2N)CCO1. The van der Waals surface area contributed by atoms with Gasteiger partial charge in [-0.3, -0.25) is 9.59 Å². The summed E-state index contributed by atoms with van der Waals surface area (Å²) in [5.74, 6) is 0.462. The first-order valence-electron chi connectivity index (χ1n) is 7.03. The van der Waals surface area contributed by atoms with Crippen LogP contribution in [0.5, 0.6) is 0 Å². The Labute approximate surface area is 112 Å². The Kier molecular flexibility index (Phi) is 3.22. The fourth-order valence-corrected chi connectivity index (χ4v) is 3.93. The van der Waals surface area contributed by atoms with Gasteiger partial charge in [-0.05, 0) is 31.1 Å². The van der Waals surface area contributed by atoms with Crippen LogP contribution in [-0.4, -0.2) is 48.6 Å². The number of carbonyl (C=O) groups is 2. The first-order chi connectivity index (χ1) is 9.08. The number of primary amides is 1. The molecule has 6 nitrogen and oxygen atoms in total. The summed E-state index contributed by atoms with van der Waals surface area (Å²) < 4.78 is 5.27. The van der Waals surface area contributed by atoms with Crippen LogP contribution in [0.15, 0.2) is 0 Å². The Hall–Kier alpha value is -1.14. The van der Waals surface area contributed by atoms with Crippen molar-refractivity contribution in [3.05, 3.63) is 0 Å². The van der Waals surface area contributed by atoms with E-state index < -0.39 is 12.0 Å². The third-order valence-corrected chi connectivity index (χ3v) is 4.96. The number of nitrogens with two attached hydrogens (primary N) is 2. The molecule has 5 unspecified atom stereocenters. The van der Waals surface area contributed by atoms with Crippen LogP contribution in [-0.2, 0) is 14.3 Å². The number of hydrogen-bond donors (Lipinski definition) is 2. The molecule has 2 saturated carbocycles. The number of rotatable bonds is 2. The molecule has 2 amide bonds. The van der Waals surface area contributed by atoms with Gasteiger partial charge in [-0.15, -0.1) is 0 Å². The number of amides is 2. The fourth-order valence-electron chi connectivity index (χ4n) is 3.93. The standard InChI is InChI=1S/C13H21N3O3/c14-11-8-2-1-7(5-8)10(11)13(18)16-3-4-19-9(6-16)12(15)17/h7-11H,1-6,14H2,(H2,15,17). The first kappa shape index (κ1) is 12.9. The number of carbonyl (C=O) groups excluding carboxylic acids is 2. The van der Waals surface area contributed by atoms with Gasteiger partial charge < -0.3 is 21.1 Å². The monoisotopic (exact) mass is 267 g/mol. The average molecular weight is 267 g/mol. The van der Waals surface area contributed by atoms with Crippen molar-refractivity contribution in [3.63, 3.8) is 0 Å². The van der Waals surface area contributed by atoms with Crippen molar-refractivity contribution in [1.29, 1.82) is 0 Å². The maximum absolute atomic E-state index is 12.6. The average Bonchev–Trinajstić information content (AvgIpc) is 2.99. The highest BCUT2D eigenvalue weighted by Gasteiger charge is 2.50. The van der Waals surface area contributed by atoms with Crippen molar-refractivity contribution in [2.24, 2.45) is 29.2 Å². The molecule has 19 heavy (non-hydrogen) atoms. The van der Waals surface area contributed by atoms with E-state index >= 15 is 0 Å². The van der Waals surface area contributed by atoms with Crippen molar-refractivity contribution in [1.82, 2.24) is 4.90 Å². The third kappa shape index (κ3) is 2.12. The summed E-state index contributed by atoms with van der Waals surface area (Å²) in [7, 11) is 0. The van der Waals surface area contributed by atoms with E-state index in [0.29, 0.717) is 25.0 Å². The van der Waals surface area contributed by atoms with Crippen LogP contribution in [0.1, 0.15) is 19.3 Å². The second-order valence-electron chi connectivity index (χ2n) is 5.98. The Morgan fingerprint density at radius 1 is 1.21 bits per heavy atom. The molecular weight excluding hydrogens is 246 g/mol. The van der Waals surface area contributed by atoms with Gasteiger partial charge in [0.05, 0.1) is 19.1 Å². The molecule has 4 N–H and O–H groups in total. The van der Waals surface area contributed by atoms with Crippen LogP contribution < -0.4 is 11.5 Å². The smallest absolute Gasteiger partial charge is 0.248 e. The van der Waals surface area contributed by atoms with E-state index in [1.54, 1.807) is 4.90 Å². The van der Waals surface area contributed by atoms with Gasteiger partial charge in [0.2, 0.25) is 11.8 Å². The Morgan fingerprint density at radius 2 is 1.95 bits per heavy atom. The van der Waals surface area contributed by atoms with Crippen molar-refractivity contribution < 1.29 is 14.3 Å². The van der Waals surface area contributed by atoms with Gasteiger partial charge in [0.15, 0.2) is 6.10 Å². The second kappa shape index (κ2) is 4.76. The van der Waals surface area contributed by atoms with Gasteiger partial charge in [0.25, 0.3) is 0 Å². The van der Waals surface area contributed by atoms with E-state index in [4.69, 9.17) is 16.2 Å². The zero-order valence-corrected chi connectivity index (χ0v) is 11.0. The molecule has 2 bridgehead atoms. The highest BCUT2D eigenvalue weighted by Crippen LogP contribution is 2.48. The largest absolute Gasteiger partial charge is 0.367 e. The topological polar surface area (TPSA) is 98.7 Å². The summed E-state index contributed by atoms with van der Waals surface area (Å²) in [5, 5.41) is 0. The van der Waals surface area contributed by atoms with Gasteiger partial charge in [0.1, 0.15) is 0 Å². The van der Waals surface area contributed by atoms with Crippen LogP contribution in [0, 0.1) is 17.8 Å². The van der Waals surface area contributed by atoms with Gasteiger partial charge in [-0.1, -0.05) is 0 Å². The summed E-state index contributed by atoms with van der Waals surface area (Å²) >= 11 is 0. The quantitative estimate of drug-likeness (QED) is 0.675. The van der Waals surface area contributed by atoms with E-state index in [-0.39, 0.29) is 24.4 Å². The van der Waals surface area contributed by atoms with Gasteiger partial charge in [-0.25, -0.2) is 0 Å². The van der Waals surface area contributed by atoms with Gasteiger partial charge in [-0.2, -0.15) is 0 Å². The lowest BCUT2D eigenvalue weighted by Gasteiger charge is -2.36. The predicted molar refractivity (Wildman–Crippen MR) is 67.8 cm³/mol. The molecule has 3 rings (SSSR count). The van der Waals surface area contributed by atoms with Crippen LogP contribution in [0.4, 0.5) is 0 Å². The summed E-state index contributed by atoms with van der Waals surface area (Å²) in [6, 6.07) is -0.0128. The minimum atomic E-state index is -0.674. The minimum Gasteiger partial charge on any atom is -0.367 e. The summed E-state index contributed by atoms with van der Waals surface area (Å²) in [6.45, 7) is 1.17. The lowest BCUT2D eigenvalue weighted by molar-refractivity contribution is -0.149. The maximum atomic E-state index is 12.6. The van der Waals surface area contributed by atoms with Crippen molar-refractivity contribution in [3.8, 4) is 0 Å². The molecule has 0 aromatic carbocycles. The molecule has 0 aromatic rings. The van der Waals surface area contributed by atoms with E-state index in [2.05, 4.69) is 0 Å². The molecular formula is C13H21N3O3. The molecule has 6 heteroatoms. The number of morpholine rings is 1. The molecule has 1 saturated heterocycles. The normalized spacial score (nSPS) is 41.5. The number of ether oxygens (including phenoxy) is 1. The lowest BCUT2D eigenvalue weighted by atomic mass is 9.84. The Morgan fingerprint density at radius 3 is 2.58 bits per heavy atom. The highest BCUT2D eigenvalue weighted by molar-refractivity contribution is 5.83. The summed E-state index contributed by atoms with van der Waals surface area (Å²) in [5.41, 5.74) is 11.4. The van der Waals surface area contributed by atoms with E-state index in [0.717, 1.165) is 19.3 Å². The molecule has 1 aliphatic heterocycles. The number of hydrogen-bond acceptors (Lipinski definition) is 4. The Balaban J connectivity index is 1.68. The summed E-state index contributed by atoms with van der Waals surface area (Å²) in [6.07, 6.45) is 2.68. The molecule has 0 radical (unpaired) electrons. The van der Waals surface area contributed by atoms with Crippen molar-refractivity contribution in [2.45, 2.75) is 31.4 Å². The van der Waals surface area contributed by atoms with Gasteiger partial charge in [0, 0.05) is 12.6 Å². The van der Waals surface area contributed by atoms with Crippen LogP contribution in [0.3, 0.4) is 0 Å². The van der Waals surface area contributed by atoms with Crippen LogP contribution in [0.2, 0.25) is 0 Å². The number of nitrogens with zero attached hydrogens (tertiary/aromatic N) is 1. The molecule has 0 spiro atoms. The predicted octanol–water partition coefficient (Wildman–Crippen LogP) is -0.927. The molecule has 3 fully saturated rings. The molecule has 2 aliphatic carbocycles. The third-order valence-electron chi connectivity index (χ3n) is 4.96.